The summed E-state index contributed by atoms with van der Waals surface area (Å²) in [5.41, 5.74) is -0.00759. The van der Waals surface area contributed by atoms with Crippen molar-refractivity contribution in [2.45, 2.75) is 31.2 Å². The Bertz CT molecular complexity index is 1510. The number of sulfonamides is 1. The van der Waals surface area contributed by atoms with Crippen molar-refractivity contribution in [3.05, 3.63) is 60.7 Å². The predicted octanol–water partition coefficient (Wildman–Crippen LogP) is 2.63. The molecule has 1 unspecified atom stereocenters. The third kappa shape index (κ3) is 6.91. The molecular formula is C22H24FN4O6S3-. The van der Waals surface area contributed by atoms with Crippen LogP contribution in [0.15, 0.2) is 59.8 Å². The van der Waals surface area contributed by atoms with Crippen molar-refractivity contribution in [1.29, 1.82) is 0 Å². The number of anilines is 1. The molecule has 0 aliphatic rings. The molecule has 10 nitrogen and oxygen atoms in total. The Morgan fingerprint density at radius 3 is 2.22 bits per heavy atom. The van der Waals surface area contributed by atoms with Crippen LogP contribution in [-0.4, -0.2) is 53.2 Å². The molecule has 2 aromatic carbocycles. The molecule has 0 radical (unpaired) electrons. The van der Waals surface area contributed by atoms with Gasteiger partial charge in [-0.25, -0.2) is 30.9 Å². The SMILES string of the molecule is CC(C)(C)NS(=O)(=O)c1ccccc1-c1ccc(-c2cnc(N(CS(C)(=O)=O)S(=O)[O-])cn2)c(F)c1. The average molecular weight is 556 g/mol. The lowest BCUT2D eigenvalue weighted by Gasteiger charge is -2.23. The molecule has 0 fully saturated rings. The second-order valence-corrected chi connectivity index (χ2v) is 13.6. The van der Waals surface area contributed by atoms with E-state index in [4.69, 9.17) is 0 Å². The van der Waals surface area contributed by atoms with Gasteiger partial charge in [-0.15, -0.1) is 0 Å². The Morgan fingerprint density at radius 2 is 1.69 bits per heavy atom. The highest BCUT2D eigenvalue weighted by Gasteiger charge is 2.25. The minimum absolute atomic E-state index is 0.00667. The van der Waals surface area contributed by atoms with Crippen LogP contribution in [0.4, 0.5) is 10.2 Å². The van der Waals surface area contributed by atoms with Gasteiger partial charge in [-0.05, 0) is 44.5 Å². The van der Waals surface area contributed by atoms with Gasteiger partial charge in [-0.2, -0.15) is 0 Å². The standard InChI is InChI=1S/C22H25FN4O6S3/c1-22(2,3)26-36(32,33)20-8-6-5-7-16(20)15-9-10-17(18(23)11-15)19-12-25-21(13-24-19)27(34(28)29)14-35(4,30)31/h5-13,26H,14H2,1-4H3,(H,28,29)/p-1. The summed E-state index contributed by atoms with van der Waals surface area (Å²) in [6, 6.07) is 10.3. The van der Waals surface area contributed by atoms with Crippen LogP contribution in [-0.2, 0) is 31.1 Å². The first-order valence-electron chi connectivity index (χ1n) is 10.4. The van der Waals surface area contributed by atoms with Gasteiger partial charge < -0.3 is 4.55 Å². The topological polar surface area (TPSA) is 149 Å². The molecule has 3 rings (SSSR count). The zero-order valence-electron chi connectivity index (χ0n) is 19.8. The van der Waals surface area contributed by atoms with E-state index in [2.05, 4.69) is 14.7 Å². The van der Waals surface area contributed by atoms with Gasteiger partial charge >= 0.3 is 0 Å². The third-order valence-electron chi connectivity index (χ3n) is 4.60. The predicted molar refractivity (Wildman–Crippen MR) is 134 cm³/mol. The maximum atomic E-state index is 15.1. The molecule has 1 aromatic heterocycles. The summed E-state index contributed by atoms with van der Waals surface area (Å²) in [5.74, 6) is -1.79. The van der Waals surface area contributed by atoms with Gasteiger partial charge in [0.25, 0.3) is 0 Å². The molecule has 0 bridgehead atoms. The lowest BCUT2D eigenvalue weighted by atomic mass is 10.0. The number of hydrogen-bond acceptors (Lipinski definition) is 8. The lowest BCUT2D eigenvalue weighted by molar-refractivity contribution is 0.491. The summed E-state index contributed by atoms with van der Waals surface area (Å²) >= 11 is -2.92. The second-order valence-electron chi connectivity index (χ2n) is 8.96. The van der Waals surface area contributed by atoms with Crippen molar-refractivity contribution >= 4 is 36.9 Å². The Kier molecular flexibility index (Phi) is 7.95. The molecule has 194 valence electrons. The van der Waals surface area contributed by atoms with Crippen molar-refractivity contribution in [3.63, 3.8) is 0 Å². The average Bonchev–Trinajstić information content (AvgIpc) is 2.75. The van der Waals surface area contributed by atoms with Gasteiger partial charge in [0.1, 0.15) is 11.7 Å². The van der Waals surface area contributed by atoms with Crippen molar-refractivity contribution in [2.24, 2.45) is 0 Å². The van der Waals surface area contributed by atoms with E-state index in [-0.39, 0.29) is 22.0 Å². The highest BCUT2D eigenvalue weighted by Crippen LogP contribution is 2.31. The van der Waals surface area contributed by atoms with Gasteiger partial charge in [0.05, 0.1) is 23.0 Å². The zero-order chi connectivity index (χ0) is 26.9. The molecule has 0 aliphatic heterocycles. The summed E-state index contributed by atoms with van der Waals surface area (Å²) in [7, 11) is -7.58. The van der Waals surface area contributed by atoms with Crippen LogP contribution >= 0.6 is 0 Å². The normalized spacial score (nSPS) is 13.4. The van der Waals surface area contributed by atoms with E-state index < -0.39 is 48.4 Å². The third-order valence-corrected chi connectivity index (χ3v) is 7.98. The highest BCUT2D eigenvalue weighted by atomic mass is 32.2. The number of benzene rings is 2. The second kappa shape index (κ2) is 10.3. The molecule has 14 heteroatoms. The van der Waals surface area contributed by atoms with Crippen LogP contribution in [0, 0.1) is 5.82 Å². The first-order chi connectivity index (χ1) is 16.6. The Labute approximate surface area is 212 Å². The fraction of sp³-hybridized carbons (Fsp3) is 0.273. The minimum atomic E-state index is -3.90. The molecule has 1 N–H and O–H groups in total. The van der Waals surface area contributed by atoms with Crippen molar-refractivity contribution < 1.29 is 30.0 Å². The molecule has 0 saturated carbocycles. The molecule has 0 saturated heterocycles. The van der Waals surface area contributed by atoms with Crippen molar-refractivity contribution in [3.8, 4) is 22.4 Å². The summed E-state index contributed by atoms with van der Waals surface area (Å²) in [6.45, 7) is 5.13. The largest absolute Gasteiger partial charge is 0.755 e. The van der Waals surface area contributed by atoms with E-state index in [1.54, 1.807) is 39.0 Å². The first kappa shape index (κ1) is 27.8. The first-order valence-corrected chi connectivity index (χ1v) is 14.9. The van der Waals surface area contributed by atoms with E-state index in [0.29, 0.717) is 15.4 Å². The minimum Gasteiger partial charge on any atom is -0.755 e. The number of rotatable bonds is 8. The maximum Gasteiger partial charge on any atom is 0.241 e. The molecule has 1 heterocycles. The number of nitrogens with one attached hydrogen (secondary N) is 1. The fourth-order valence-electron chi connectivity index (χ4n) is 3.28. The van der Waals surface area contributed by atoms with Crippen molar-refractivity contribution in [1.82, 2.24) is 14.7 Å². The monoisotopic (exact) mass is 555 g/mol. The summed E-state index contributed by atoms with van der Waals surface area (Å²) in [5, 5.41) is 0. The van der Waals surface area contributed by atoms with E-state index in [9.17, 15) is 25.6 Å². The van der Waals surface area contributed by atoms with Crippen LogP contribution in [0.2, 0.25) is 0 Å². The number of sulfone groups is 1. The highest BCUT2D eigenvalue weighted by molar-refractivity contribution is 7.92. The molecular weight excluding hydrogens is 531 g/mol. The van der Waals surface area contributed by atoms with Gasteiger partial charge in [-0.1, -0.05) is 24.3 Å². The Balaban J connectivity index is 1.97. The number of nitrogens with zero attached hydrogens (tertiary/aromatic N) is 3. The number of aromatic nitrogens is 2. The number of hydrogen-bond donors (Lipinski definition) is 1. The van der Waals surface area contributed by atoms with Gasteiger partial charge in [0.2, 0.25) is 10.0 Å². The smallest absolute Gasteiger partial charge is 0.241 e. The Morgan fingerprint density at radius 1 is 1.03 bits per heavy atom. The number of halogens is 1. The molecule has 0 amide bonds. The van der Waals surface area contributed by atoms with Gasteiger partial charge in [-0.3, -0.25) is 13.5 Å². The summed E-state index contributed by atoms with van der Waals surface area (Å²) in [4.78, 5) is 7.93. The van der Waals surface area contributed by atoms with Crippen LogP contribution in [0.5, 0.6) is 0 Å². The van der Waals surface area contributed by atoms with Gasteiger partial charge in [0, 0.05) is 34.2 Å². The molecule has 1 atom stereocenters. The van der Waals surface area contributed by atoms with Crippen molar-refractivity contribution in [2.75, 3.05) is 16.4 Å². The van der Waals surface area contributed by atoms with Crippen LogP contribution < -0.4 is 9.03 Å². The molecule has 3 aromatic rings. The van der Waals surface area contributed by atoms with E-state index in [1.165, 1.54) is 24.3 Å². The molecule has 0 aliphatic carbocycles. The van der Waals surface area contributed by atoms with E-state index in [0.717, 1.165) is 18.6 Å². The van der Waals surface area contributed by atoms with Crippen LogP contribution in [0.3, 0.4) is 0 Å². The molecule has 36 heavy (non-hydrogen) atoms. The Hall–Kier alpha value is -2.78. The fourth-order valence-corrected chi connectivity index (χ4v) is 6.65. The quantitative estimate of drug-likeness (QED) is 0.417. The van der Waals surface area contributed by atoms with Crippen LogP contribution in [0.25, 0.3) is 22.4 Å². The lowest BCUT2D eigenvalue weighted by Crippen LogP contribution is -2.40. The van der Waals surface area contributed by atoms with Gasteiger partial charge in [0.15, 0.2) is 15.7 Å². The summed E-state index contributed by atoms with van der Waals surface area (Å²) in [6.07, 6.45) is 3.00. The summed E-state index contributed by atoms with van der Waals surface area (Å²) < 4.78 is 89.9. The van der Waals surface area contributed by atoms with E-state index in [1.807, 2.05) is 0 Å². The van der Waals surface area contributed by atoms with Crippen LogP contribution in [0.1, 0.15) is 20.8 Å². The maximum absolute atomic E-state index is 15.1. The van der Waals surface area contributed by atoms with E-state index >= 15 is 4.39 Å². The molecule has 0 spiro atoms. The zero-order valence-corrected chi connectivity index (χ0v) is 22.2.